The molecule has 1 aliphatic heterocycles. The summed E-state index contributed by atoms with van der Waals surface area (Å²) < 4.78 is 6.79. The van der Waals surface area contributed by atoms with Gasteiger partial charge >= 0.3 is 0 Å². The molecule has 1 aromatic carbocycles. The topological polar surface area (TPSA) is 26.3 Å². The molecule has 0 spiro atoms. The van der Waals surface area contributed by atoms with Crippen molar-refractivity contribution in [3.63, 3.8) is 0 Å². The van der Waals surface area contributed by atoms with E-state index in [4.69, 9.17) is 4.74 Å². The molecule has 17 heavy (non-hydrogen) atoms. The molecule has 0 aromatic heterocycles. The first-order valence-corrected chi connectivity index (χ1v) is 7.19. The molecule has 1 heterocycles. The minimum atomic E-state index is 0.167. The van der Waals surface area contributed by atoms with E-state index in [-0.39, 0.29) is 11.9 Å². The average molecular weight is 344 g/mol. The minimum Gasteiger partial charge on any atom is -0.378 e. The first-order chi connectivity index (χ1) is 8.24. The summed E-state index contributed by atoms with van der Waals surface area (Å²) in [4.78, 5) is 11.9. The second kappa shape index (κ2) is 6.50. The highest BCUT2D eigenvalue weighted by atomic mass is 127. The summed E-state index contributed by atoms with van der Waals surface area (Å²) in [6.07, 6.45) is 4.66. The molecule has 3 heteroatoms. The van der Waals surface area contributed by atoms with Crippen LogP contribution in [0.25, 0.3) is 0 Å². The van der Waals surface area contributed by atoms with Gasteiger partial charge in [0.1, 0.15) is 5.78 Å². The van der Waals surface area contributed by atoms with Gasteiger partial charge in [-0.15, -0.1) is 0 Å². The van der Waals surface area contributed by atoms with E-state index in [1.54, 1.807) is 0 Å². The lowest BCUT2D eigenvalue weighted by atomic mass is 10.0. The summed E-state index contributed by atoms with van der Waals surface area (Å²) in [6, 6.07) is 8.14. The van der Waals surface area contributed by atoms with Crippen molar-refractivity contribution >= 4 is 28.4 Å². The zero-order valence-electron chi connectivity index (χ0n) is 9.82. The van der Waals surface area contributed by atoms with Crippen LogP contribution in [-0.2, 0) is 16.0 Å². The molecular formula is C14H17IO2. The van der Waals surface area contributed by atoms with Crippen LogP contribution >= 0.6 is 22.6 Å². The van der Waals surface area contributed by atoms with E-state index in [0.717, 1.165) is 25.0 Å². The third-order valence-electron chi connectivity index (χ3n) is 3.04. The fraction of sp³-hybridized carbons (Fsp3) is 0.500. The molecule has 1 fully saturated rings. The van der Waals surface area contributed by atoms with Gasteiger partial charge in [-0.05, 0) is 59.5 Å². The Morgan fingerprint density at radius 3 is 2.71 bits per heavy atom. The lowest BCUT2D eigenvalue weighted by Crippen LogP contribution is -2.23. The van der Waals surface area contributed by atoms with Crippen LogP contribution < -0.4 is 0 Å². The Kier molecular flexibility index (Phi) is 4.98. The van der Waals surface area contributed by atoms with E-state index in [1.165, 1.54) is 9.99 Å². The quantitative estimate of drug-likeness (QED) is 0.783. The molecule has 2 rings (SSSR count). The van der Waals surface area contributed by atoms with Crippen molar-refractivity contribution in [2.24, 2.45) is 0 Å². The van der Waals surface area contributed by atoms with Crippen LogP contribution in [0.15, 0.2) is 24.3 Å². The highest BCUT2D eigenvalue weighted by molar-refractivity contribution is 14.1. The van der Waals surface area contributed by atoms with Crippen molar-refractivity contribution < 1.29 is 9.53 Å². The summed E-state index contributed by atoms with van der Waals surface area (Å²) in [5.41, 5.74) is 1.10. The van der Waals surface area contributed by atoms with Crippen molar-refractivity contribution in [1.82, 2.24) is 0 Å². The molecule has 2 nitrogen and oxygen atoms in total. The first kappa shape index (κ1) is 13.0. The molecule has 0 bridgehead atoms. The summed E-state index contributed by atoms with van der Waals surface area (Å²) >= 11 is 2.27. The van der Waals surface area contributed by atoms with Crippen molar-refractivity contribution in [2.75, 3.05) is 6.61 Å². The molecule has 0 saturated carbocycles. The standard InChI is InChI=1S/C14H17IO2/c15-12-6-4-11(5-7-12)9-13(16)10-14-3-1-2-8-17-14/h4-7,14H,1-3,8-10H2. The van der Waals surface area contributed by atoms with Crippen LogP contribution in [0.2, 0.25) is 0 Å². The van der Waals surface area contributed by atoms with Crippen molar-refractivity contribution in [3.8, 4) is 0 Å². The van der Waals surface area contributed by atoms with Crippen LogP contribution in [0.1, 0.15) is 31.2 Å². The van der Waals surface area contributed by atoms with E-state index in [1.807, 2.05) is 24.3 Å². The summed E-state index contributed by atoms with van der Waals surface area (Å²) in [6.45, 7) is 0.821. The minimum absolute atomic E-state index is 0.167. The van der Waals surface area contributed by atoms with Crippen LogP contribution in [0.4, 0.5) is 0 Å². The molecule has 1 atom stereocenters. The van der Waals surface area contributed by atoms with E-state index >= 15 is 0 Å². The second-order valence-electron chi connectivity index (χ2n) is 4.53. The molecule has 0 aliphatic carbocycles. The third kappa shape index (κ3) is 4.39. The molecule has 1 saturated heterocycles. The van der Waals surface area contributed by atoms with E-state index in [9.17, 15) is 4.79 Å². The van der Waals surface area contributed by atoms with Gasteiger partial charge in [-0.3, -0.25) is 4.79 Å². The SMILES string of the molecule is O=C(Cc1ccc(I)cc1)CC1CCCCO1. The first-order valence-electron chi connectivity index (χ1n) is 6.12. The number of halogens is 1. The largest absolute Gasteiger partial charge is 0.378 e. The number of Topliss-reactive ketones (excluding diaryl/α,β-unsaturated/α-hetero) is 1. The van der Waals surface area contributed by atoms with E-state index in [0.29, 0.717) is 12.8 Å². The fourth-order valence-electron chi connectivity index (χ4n) is 2.12. The monoisotopic (exact) mass is 344 g/mol. The maximum Gasteiger partial charge on any atom is 0.139 e. The molecule has 1 aliphatic rings. The molecule has 1 aromatic rings. The van der Waals surface area contributed by atoms with Crippen LogP contribution in [0.3, 0.4) is 0 Å². The highest BCUT2D eigenvalue weighted by Crippen LogP contribution is 2.17. The van der Waals surface area contributed by atoms with Gasteiger partial charge in [0.2, 0.25) is 0 Å². The van der Waals surface area contributed by atoms with E-state index < -0.39 is 0 Å². The molecule has 92 valence electrons. The molecular weight excluding hydrogens is 327 g/mol. The number of rotatable bonds is 4. The van der Waals surface area contributed by atoms with Gasteiger partial charge in [0.15, 0.2) is 0 Å². The van der Waals surface area contributed by atoms with Crippen LogP contribution in [0, 0.1) is 3.57 Å². The second-order valence-corrected chi connectivity index (χ2v) is 5.78. The maximum absolute atomic E-state index is 11.9. The normalized spacial score (nSPS) is 20.2. The van der Waals surface area contributed by atoms with Crippen LogP contribution in [-0.4, -0.2) is 18.5 Å². The van der Waals surface area contributed by atoms with Gasteiger partial charge in [-0.2, -0.15) is 0 Å². The smallest absolute Gasteiger partial charge is 0.139 e. The van der Waals surface area contributed by atoms with Gasteiger partial charge in [-0.25, -0.2) is 0 Å². The fourth-order valence-corrected chi connectivity index (χ4v) is 2.48. The number of hydrogen-bond donors (Lipinski definition) is 0. The Hall–Kier alpha value is -0.420. The van der Waals surface area contributed by atoms with Gasteiger partial charge in [-0.1, -0.05) is 12.1 Å². The molecule has 0 N–H and O–H groups in total. The molecule has 0 amide bonds. The Morgan fingerprint density at radius 2 is 2.06 bits per heavy atom. The molecule has 1 unspecified atom stereocenters. The van der Waals surface area contributed by atoms with E-state index in [2.05, 4.69) is 22.6 Å². The Morgan fingerprint density at radius 1 is 1.29 bits per heavy atom. The lowest BCUT2D eigenvalue weighted by Gasteiger charge is -2.21. The van der Waals surface area contributed by atoms with Gasteiger partial charge in [0, 0.05) is 23.0 Å². The third-order valence-corrected chi connectivity index (χ3v) is 3.76. The average Bonchev–Trinajstić information content (AvgIpc) is 2.33. The van der Waals surface area contributed by atoms with Crippen molar-refractivity contribution in [1.29, 1.82) is 0 Å². The predicted molar refractivity (Wildman–Crippen MR) is 76.1 cm³/mol. The Bertz CT molecular complexity index is 366. The number of hydrogen-bond acceptors (Lipinski definition) is 2. The summed E-state index contributed by atoms with van der Waals surface area (Å²) in [5.74, 6) is 0.290. The molecule has 0 radical (unpaired) electrons. The highest BCUT2D eigenvalue weighted by Gasteiger charge is 2.17. The Balaban J connectivity index is 1.82. The number of carbonyl (C=O) groups excluding carboxylic acids is 1. The lowest BCUT2D eigenvalue weighted by molar-refractivity contribution is -0.122. The predicted octanol–water partition coefficient (Wildman–Crippen LogP) is 3.36. The maximum atomic E-state index is 11.9. The number of benzene rings is 1. The van der Waals surface area contributed by atoms with Crippen LogP contribution in [0.5, 0.6) is 0 Å². The number of ether oxygens (including phenoxy) is 1. The van der Waals surface area contributed by atoms with Gasteiger partial charge in [0.05, 0.1) is 6.10 Å². The van der Waals surface area contributed by atoms with Crippen molar-refractivity contribution in [2.45, 2.75) is 38.2 Å². The summed E-state index contributed by atoms with van der Waals surface area (Å²) in [7, 11) is 0. The van der Waals surface area contributed by atoms with Gasteiger partial charge < -0.3 is 4.74 Å². The number of ketones is 1. The van der Waals surface area contributed by atoms with Gasteiger partial charge in [0.25, 0.3) is 0 Å². The zero-order chi connectivity index (χ0) is 12.1. The van der Waals surface area contributed by atoms with Crippen molar-refractivity contribution in [3.05, 3.63) is 33.4 Å². The number of carbonyl (C=O) groups is 1. The Labute approximate surface area is 116 Å². The summed E-state index contributed by atoms with van der Waals surface area (Å²) in [5, 5.41) is 0. The zero-order valence-corrected chi connectivity index (χ0v) is 12.0.